The maximum absolute atomic E-state index is 12.3. The second-order valence-corrected chi connectivity index (χ2v) is 7.80. The molecule has 0 spiro atoms. The molecule has 8 heteroatoms. The molecule has 26 heavy (non-hydrogen) atoms. The third-order valence-corrected chi connectivity index (χ3v) is 6.04. The van der Waals surface area contributed by atoms with Crippen LogP contribution in [-0.4, -0.2) is 24.1 Å². The number of thioether (sulfide) groups is 1. The fourth-order valence-corrected chi connectivity index (χ4v) is 4.62. The predicted octanol–water partition coefficient (Wildman–Crippen LogP) is 3.55. The van der Waals surface area contributed by atoms with Gasteiger partial charge in [0.25, 0.3) is 5.56 Å². The third-order valence-electron chi connectivity index (χ3n) is 4.13. The van der Waals surface area contributed by atoms with Gasteiger partial charge in [0.2, 0.25) is 0 Å². The molecule has 0 saturated carbocycles. The summed E-state index contributed by atoms with van der Waals surface area (Å²) in [6, 6.07) is 9.74. The highest BCUT2D eigenvalue weighted by Gasteiger charge is 2.14. The van der Waals surface area contributed by atoms with E-state index in [1.54, 1.807) is 10.5 Å². The Morgan fingerprint density at radius 3 is 2.77 bits per heavy atom. The highest BCUT2D eigenvalue weighted by molar-refractivity contribution is 7.98. The number of hydrogen-bond donors (Lipinski definition) is 0. The Morgan fingerprint density at radius 2 is 1.96 bits per heavy atom. The fourth-order valence-electron chi connectivity index (χ4n) is 2.84. The lowest BCUT2D eigenvalue weighted by atomic mass is 10.2. The van der Waals surface area contributed by atoms with Gasteiger partial charge in [-0.05, 0) is 32.4 Å². The number of aromatic nitrogens is 5. The van der Waals surface area contributed by atoms with Crippen LogP contribution in [0.25, 0.3) is 10.6 Å². The summed E-state index contributed by atoms with van der Waals surface area (Å²) >= 11 is 3.01. The van der Waals surface area contributed by atoms with Crippen molar-refractivity contribution in [2.75, 3.05) is 0 Å². The van der Waals surface area contributed by atoms with Crippen molar-refractivity contribution >= 4 is 28.1 Å². The van der Waals surface area contributed by atoms with E-state index in [1.165, 1.54) is 23.1 Å². The van der Waals surface area contributed by atoms with Crippen LogP contribution in [0.5, 0.6) is 0 Å². The van der Waals surface area contributed by atoms with Crippen molar-refractivity contribution in [1.29, 1.82) is 0 Å². The summed E-state index contributed by atoms with van der Waals surface area (Å²) in [7, 11) is 0. The number of nitrogens with zero attached hydrogens (tertiary/aromatic N) is 5. The summed E-state index contributed by atoms with van der Waals surface area (Å²) in [5.74, 6) is 1.39. The monoisotopic (exact) mass is 383 g/mol. The van der Waals surface area contributed by atoms with Crippen LogP contribution < -0.4 is 5.56 Å². The van der Waals surface area contributed by atoms with Gasteiger partial charge in [0.1, 0.15) is 5.82 Å². The molecule has 1 aromatic carbocycles. The number of aryl methyl sites for hydroxylation is 3. The van der Waals surface area contributed by atoms with E-state index in [0.29, 0.717) is 5.75 Å². The minimum Gasteiger partial charge on any atom is -0.274 e. The highest BCUT2D eigenvalue weighted by Crippen LogP contribution is 2.26. The van der Waals surface area contributed by atoms with Crippen LogP contribution in [0.1, 0.15) is 22.8 Å². The Bertz CT molecular complexity index is 1160. The first kappa shape index (κ1) is 17.0. The molecule has 0 aliphatic heterocycles. The molecule has 6 nitrogen and oxygen atoms in total. The van der Waals surface area contributed by atoms with Crippen molar-refractivity contribution in [3.8, 4) is 5.69 Å². The van der Waals surface area contributed by atoms with E-state index in [2.05, 4.69) is 34.2 Å². The van der Waals surface area contributed by atoms with Gasteiger partial charge in [0, 0.05) is 22.9 Å². The van der Waals surface area contributed by atoms with Crippen LogP contribution in [0.3, 0.4) is 0 Å². The van der Waals surface area contributed by atoms with Crippen molar-refractivity contribution in [1.82, 2.24) is 24.1 Å². The quantitative estimate of drug-likeness (QED) is 0.504. The van der Waals surface area contributed by atoms with Gasteiger partial charge in [-0.2, -0.15) is 0 Å². The minimum atomic E-state index is -0.0408. The van der Waals surface area contributed by atoms with E-state index in [-0.39, 0.29) is 5.56 Å². The lowest BCUT2D eigenvalue weighted by Crippen LogP contribution is -2.14. The Morgan fingerprint density at radius 1 is 1.15 bits per heavy atom. The Hall–Kier alpha value is -2.45. The summed E-state index contributed by atoms with van der Waals surface area (Å²) < 4.78 is 3.68. The van der Waals surface area contributed by atoms with Gasteiger partial charge in [0.15, 0.2) is 10.1 Å². The Balaban J connectivity index is 1.66. The van der Waals surface area contributed by atoms with E-state index >= 15 is 0 Å². The lowest BCUT2D eigenvalue weighted by Gasteiger charge is -2.11. The maximum Gasteiger partial charge on any atom is 0.258 e. The molecule has 0 aliphatic carbocycles. The summed E-state index contributed by atoms with van der Waals surface area (Å²) in [4.78, 5) is 17.6. The average Bonchev–Trinajstić information content (AvgIpc) is 3.17. The van der Waals surface area contributed by atoms with Gasteiger partial charge < -0.3 is 0 Å². The molecule has 0 N–H and O–H groups in total. The zero-order valence-corrected chi connectivity index (χ0v) is 16.3. The van der Waals surface area contributed by atoms with E-state index < -0.39 is 0 Å². The van der Waals surface area contributed by atoms with Gasteiger partial charge >= 0.3 is 0 Å². The molecule has 3 aromatic heterocycles. The van der Waals surface area contributed by atoms with Gasteiger partial charge in [-0.25, -0.2) is 4.98 Å². The highest BCUT2D eigenvalue weighted by atomic mass is 32.2. The number of para-hydroxylation sites is 1. The molecule has 0 bridgehead atoms. The zero-order chi connectivity index (χ0) is 18.3. The number of fused-ring (bicyclic) bond motifs is 1. The first-order chi connectivity index (χ1) is 12.5. The molecule has 0 saturated heterocycles. The molecular formula is C18H17N5OS2. The van der Waals surface area contributed by atoms with E-state index in [4.69, 9.17) is 0 Å². The molecule has 0 radical (unpaired) electrons. The van der Waals surface area contributed by atoms with Crippen LogP contribution in [0.2, 0.25) is 0 Å². The fraction of sp³-hybridized carbons (Fsp3) is 0.222. The molecule has 0 atom stereocenters. The van der Waals surface area contributed by atoms with E-state index in [0.717, 1.165) is 38.6 Å². The standard InChI is InChI=1S/C18H17N5OS2/c1-11-6-4-5-7-15(11)23-13(3)20-21-18(23)26-10-14-8-16(24)22-12(2)9-25-17(22)19-14/h4-9H,10H2,1-3H3. The SMILES string of the molecule is Cc1ccccc1-n1c(C)nnc1SCc1cc(=O)n2c(C)csc2n1. The molecule has 0 aliphatic rings. The molecule has 0 fully saturated rings. The number of thiazole rings is 1. The van der Waals surface area contributed by atoms with Crippen LogP contribution in [-0.2, 0) is 5.75 Å². The Labute approximate surface area is 158 Å². The maximum atomic E-state index is 12.3. The molecular weight excluding hydrogens is 366 g/mol. The van der Waals surface area contributed by atoms with Gasteiger partial charge in [-0.3, -0.25) is 13.8 Å². The van der Waals surface area contributed by atoms with Crippen molar-refractivity contribution in [2.45, 2.75) is 31.7 Å². The van der Waals surface area contributed by atoms with Crippen LogP contribution in [0, 0.1) is 20.8 Å². The van der Waals surface area contributed by atoms with E-state index in [9.17, 15) is 4.79 Å². The van der Waals surface area contributed by atoms with Crippen LogP contribution in [0.4, 0.5) is 0 Å². The topological polar surface area (TPSA) is 65.1 Å². The van der Waals surface area contributed by atoms with E-state index in [1.807, 2.05) is 35.9 Å². The van der Waals surface area contributed by atoms with Crippen LogP contribution in [0.15, 0.2) is 45.7 Å². The lowest BCUT2D eigenvalue weighted by molar-refractivity contribution is 0.861. The third kappa shape index (κ3) is 2.95. The normalized spacial score (nSPS) is 11.3. The summed E-state index contributed by atoms with van der Waals surface area (Å²) in [5.41, 5.74) is 3.84. The largest absolute Gasteiger partial charge is 0.274 e. The van der Waals surface area contributed by atoms with Crippen molar-refractivity contribution < 1.29 is 0 Å². The zero-order valence-electron chi connectivity index (χ0n) is 14.6. The molecule has 4 aromatic rings. The molecule has 3 heterocycles. The summed E-state index contributed by atoms with van der Waals surface area (Å²) in [5, 5.41) is 11.3. The van der Waals surface area contributed by atoms with Crippen molar-refractivity contribution in [3.63, 3.8) is 0 Å². The molecule has 132 valence electrons. The van der Waals surface area contributed by atoms with Gasteiger partial charge in [0.05, 0.1) is 11.4 Å². The average molecular weight is 384 g/mol. The van der Waals surface area contributed by atoms with Crippen molar-refractivity contribution in [3.05, 3.63) is 68.8 Å². The summed E-state index contributed by atoms with van der Waals surface area (Å²) in [6.45, 7) is 5.92. The van der Waals surface area contributed by atoms with Crippen molar-refractivity contribution in [2.24, 2.45) is 0 Å². The number of hydrogen-bond acceptors (Lipinski definition) is 6. The first-order valence-electron chi connectivity index (χ1n) is 8.12. The van der Waals surface area contributed by atoms with Gasteiger partial charge in [-0.1, -0.05) is 30.0 Å². The number of benzene rings is 1. The smallest absolute Gasteiger partial charge is 0.258 e. The first-order valence-corrected chi connectivity index (χ1v) is 9.98. The second-order valence-electron chi connectivity index (χ2n) is 6.02. The molecule has 4 rings (SSSR count). The van der Waals surface area contributed by atoms with Crippen LogP contribution >= 0.6 is 23.1 Å². The molecule has 0 unspecified atom stereocenters. The predicted molar refractivity (Wildman–Crippen MR) is 104 cm³/mol. The second kappa shape index (κ2) is 6.69. The Kier molecular flexibility index (Phi) is 4.37. The van der Waals surface area contributed by atoms with Gasteiger partial charge in [-0.15, -0.1) is 21.5 Å². The minimum absolute atomic E-state index is 0.0408. The molecule has 0 amide bonds. The number of rotatable bonds is 4. The summed E-state index contributed by atoms with van der Waals surface area (Å²) in [6.07, 6.45) is 0.